The molecule has 0 amide bonds. The fourth-order valence-corrected chi connectivity index (χ4v) is 3.64. The molecule has 1 saturated heterocycles. The van der Waals surface area contributed by atoms with Gasteiger partial charge in [0.1, 0.15) is 11.2 Å². The van der Waals surface area contributed by atoms with E-state index in [-0.39, 0.29) is 11.6 Å². The number of H-pyrrole nitrogens is 1. The van der Waals surface area contributed by atoms with Crippen LogP contribution in [-0.2, 0) is 0 Å². The number of alkyl halides is 1. The predicted octanol–water partition coefficient (Wildman–Crippen LogP) is 1.15. The van der Waals surface area contributed by atoms with Crippen molar-refractivity contribution >= 4 is 34.1 Å². The lowest BCUT2D eigenvalue weighted by molar-refractivity contribution is 0.337. The third-order valence-corrected chi connectivity index (χ3v) is 5.01. The monoisotopic (exact) mass is 345 g/mol. The van der Waals surface area contributed by atoms with Crippen molar-refractivity contribution in [3.8, 4) is 0 Å². The Kier molecular flexibility index (Phi) is 4.60. The van der Waals surface area contributed by atoms with Crippen LogP contribution in [0.4, 0.5) is 10.2 Å². The molecule has 1 aromatic rings. The summed E-state index contributed by atoms with van der Waals surface area (Å²) in [7, 11) is 0. The number of thioether (sulfide) groups is 1. The minimum absolute atomic E-state index is 0.00654. The van der Waals surface area contributed by atoms with Crippen molar-refractivity contribution in [2.24, 2.45) is 0 Å². The van der Waals surface area contributed by atoms with Crippen LogP contribution in [0, 0.1) is 0 Å². The first-order chi connectivity index (χ1) is 10.6. The molecule has 3 N–H and O–H groups in total. The molecule has 6 nitrogen and oxygen atoms in total. The third kappa shape index (κ3) is 3.09. The first-order valence-corrected chi connectivity index (χ1v) is 8.40. The highest BCUT2D eigenvalue weighted by molar-refractivity contribution is 8.08. The first kappa shape index (κ1) is 15.6. The van der Waals surface area contributed by atoms with Crippen molar-refractivity contribution in [3.05, 3.63) is 26.9 Å². The molecule has 1 fully saturated rings. The number of anilines is 1. The van der Waals surface area contributed by atoms with E-state index in [4.69, 9.17) is 11.6 Å². The maximum absolute atomic E-state index is 13.8. The SMILES string of the molecule is CC1=C(c2nc(N3CCNCC(F)C3)c(Cl)c(=O)[nH]2)SCN1. The summed E-state index contributed by atoms with van der Waals surface area (Å²) in [6, 6.07) is 0. The van der Waals surface area contributed by atoms with Crippen LogP contribution in [0.5, 0.6) is 0 Å². The lowest BCUT2D eigenvalue weighted by atomic mass is 10.3. The van der Waals surface area contributed by atoms with Crippen molar-refractivity contribution in [3.63, 3.8) is 0 Å². The largest absolute Gasteiger partial charge is 0.378 e. The van der Waals surface area contributed by atoms with Crippen LogP contribution in [-0.4, -0.2) is 48.2 Å². The van der Waals surface area contributed by atoms with E-state index in [1.54, 1.807) is 16.7 Å². The number of rotatable bonds is 2. The Morgan fingerprint density at radius 2 is 2.32 bits per heavy atom. The lowest BCUT2D eigenvalue weighted by Crippen LogP contribution is -2.33. The summed E-state index contributed by atoms with van der Waals surface area (Å²) in [6.07, 6.45) is -1.02. The maximum Gasteiger partial charge on any atom is 0.272 e. The molecule has 9 heteroatoms. The van der Waals surface area contributed by atoms with Crippen LogP contribution in [0.2, 0.25) is 5.02 Å². The fraction of sp³-hybridized carbons (Fsp3) is 0.538. The Morgan fingerprint density at radius 1 is 1.50 bits per heavy atom. The summed E-state index contributed by atoms with van der Waals surface area (Å²) in [5, 5.41) is 6.20. The quantitative estimate of drug-likeness (QED) is 0.747. The lowest BCUT2D eigenvalue weighted by Gasteiger charge is -2.23. The molecule has 0 bridgehead atoms. The Morgan fingerprint density at radius 3 is 3.05 bits per heavy atom. The van der Waals surface area contributed by atoms with Crippen molar-refractivity contribution in [1.29, 1.82) is 0 Å². The van der Waals surface area contributed by atoms with Crippen molar-refractivity contribution in [1.82, 2.24) is 20.6 Å². The van der Waals surface area contributed by atoms with Crippen LogP contribution in [0.25, 0.3) is 4.91 Å². The molecule has 1 atom stereocenters. The van der Waals surface area contributed by atoms with Crippen molar-refractivity contribution in [2.45, 2.75) is 13.1 Å². The van der Waals surface area contributed by atoms with E-state index >= 15 is 0 Å². The molecule has 3 rings (SSSR count). The van der Waals surface area contributed by atoms with Crippen LogP contribution < -0.4 is 21.1 Å². The van der Waals surface area contributed by atoms with Gasteiger partial charge in [-0.25, -0.2) is 9.37 Å². The summed E-state index contributed by atoms with van der Waals surface area (Å²) < 4.78 is 13.8. The average molecular weight is 346 g/mol. The van der Waals surface area contributed by atoms with E-state index in [0.717, 1.165) is 16.5 Å². The summed E-state index contributed by atoms with van der Waals surface area (Å²) >= 11 is 7.68. The number of halogens is 2. The van der Waals surface area contributed by atoms with Gasteiger partial charge < -0.3 is 20.5 Å². The highest BCUT2D eigenvalue weighted by atomic mass is 35.5. The number of allylic oxidation sites excluding steroid dienone is 1. The molecule has 3 heterocycles. The van der Waals surface area contributed by atoms with Crippen LogP contribution in [0.1, 0.15) is 12.7 Å². The standard InChI is InChI=1S/C13H17ClFN5OS/c1-7-10(22-6-17-7)11-18-12(9(14)13(21)19-11)20-3-2-16-4-8(15)5-20/h8,16-17H,2-6H2,1H3,(H,18,19,21). The van der Waals surface area contributed by atoms with Gasteiger partial charge in [0.25, 0.3) is 5.56 Å². The molecular weight excluding hydrogens is 329 g/mol. The van der Waals surface area contributed by atoms with E-state index in [2.05, 4.69) is 20.6 Å². The molecule has 22 heavy (non-hydrogen) atoms. The zero-order chi connectivity index (χ0) is 15.7. The minimum atomic E-state index is -1.02. The van der Waals surface area contributed by atoms with E-state index in [9.17, 15) is 9.18 Å². The molecule has 0 radical (unpaired) electrons. The van der Waals surface area contributed by atoms with Gasteiger partial charge in [0.2, 0.25) is 0 Å². The average Bonchev–Trinajstić information content (AvgIpc) is 2.79. The second-order valence-corrected chi connectivity index (χ2v) is 6.58. The van der Waals surface area contributed by atoms with Gasteiger partial charge >= 0.3 is 0 Å². The number of aromatic nitrogens is 2. The van der Waals surface area contributed by atoms with Crippen LogP contribution in [0.15, 0.2) is 10.5 Å². The molecule has 0 saturated carbocycles. The van der Waals surface area contributed by atoms with Crippen molar-refractivity contribution in [2.75, 3.05) is 37.0 Å². The van der Waals surface area contributed by atoms with Gasteiger partial charge in [-0.15, -0.1) is 0 Å². The smallest absolute Gasteiger partial charge is 0.272 e. The van der Waals surface area contributed by atoms with E-state index < -0.39 is 11.7 Å². The number of hydrogen-bond donors (Lipinski definition) is 3. The fourth-order valence-electron chi connectivity index (χ4n) is 2.47. The molecular formula is C13H17ClFN5OS. The Balaban J connectivity index is 2.01. The molecule has 2 aliphatic heterocycles. The van der Waals surface area contributed by atoms with E-state index in [1.807, 2.05) is 6.92 Å². The molecule has 0 aliphatic carbocycles. The van der Waals surface area contributed by atoms with E-state index in [0.29, 0.717) is 31.3 Å². The molecule has 0 aromatic carbocycles. The zero-order valence-electron chi connectivity index (χ0n) is 12.1. The summed E-state index contributed by atoms with van der Waals surface area (Å²) in [6.45, 7) is 3.58. The first-order valence-electron chi connectivity index (χ1n) is 7.03. The zero-order valence-corrected chi connectivity index (χ0v) is 13.7. The molecule has 1 unspecified atom stereocenters. The third-order valence-electron chi connectivity index (χ3n) is 3.60. The predicted molar refractivity (Wildman–Crippen MR) is 88.0 cm³/mol. The van der Waals surface area contributed by atoms with E-state index in [1.165, 1.54) is 0 Å². The summed E-state index contributed by atoms with van der Waals surface area (Å²) in [5.74, 6) is 1.56. The number of nitrogens with zero attached hydrogens (tertiary/aromatic N) is 2. The Labute approximate surface area is 136 Å². The molecule has 120 valence electrons. The molecule has 0 spiro atoms. The second-order valence-electron chi connectivity index (χ2n) is 5.22. The number of aromatic amines is 1. The summed E-state index contributed by atoms with van der Waals surface area (Å²) in [4.78, 5) is 21.9. The number of nitrogens with one attached hydrogen (secondary N) is 3. The highest BCUT2D eigenvalue weighted by Crippen LogP contribution is 2.33. The second kappa shape index (κ2) is 6.47. The van der Waals surface area contributed by atoms with Gasteiger partial charge in [-0.3, -0.25) is 4.79 Å². The molecule has 2 aliphatic rings. The van der Waals surface area contributed by atoms with Gasteiger partial charge in [0.15, 0.2) is 11.6 Å². The molecule has 1 aromatic heterocycles. The van der Waals surface area contributed by atoms with Gasteiger partial charge in [0.05, 0.1) is 17.3 Å². The van der Waals surface area contributed by atoms with Crippen LogP contribution >= 0.6 is 23.4 Å². The highest BCUT2D eigenvalue weighted by Gasteiger charge is 2.24. The Bertz CT molecular complexity index is 664. The topological polar surface area (TPSA) is 73.0 Å². The van der Waals surface area contributed by atoms with Gasteiger partial charge in [-0.2, -0.15) is 0 Å². The van der Waals surface area contributed by atoms with Gasteiger partial charge in [0, 0.05) is 25.3 Å². The van der Waals surface area contributed by atoms with Gasteiger partial charge in [-0.1, -0.05) is 23.4 Å². The number of hydrogen-bond acceptors (Lipinski definition) is 6. The Hall–Kier alpha value is -1.25. The summed E-state index contributed by atoms with van der Waals surface area (Å²) in [5.41, 5.74) is 0.560. The maximum atomic E-state index is 13.8. The normalized spacial score (nSPS) is 22.7. The minimum Gasteiger partial charge on any atom is -0.378 e. The van der Waals surface area contributed by atoms with Gasteiger partial charge in [-0.05, 0) is 6.92 Å². The van der Waals surface area contributed by atoms with Crippen molar-refractivity contribution < 1.29 is 4.39 Å². The van der Waals surface area contributed by atoms with Crippen LogP contribution in [0.3, 0.4) is 0 Å².